The van der Waals surface area contributed by atoms with Crippen molar-refractivity contribution in [2.24, 2.45) is 11.8 Å². The number of hydrogen-bond acceptors (Lipinski definition) is 5. The van der Waals surface area contributed by atoms with Crippen LogP contribution in [0.2, 0.25) is 0 Å². The molecule has 1 heterocycles. The molecule has 3 aliphatic rings. The highest BCUT2D eigenvalue weighted by molar-refractivity contribution is 7.98. The molecule has 1 aromatic carbocycles. The van der Waals surface area contributed by atoms with Gasteiger partial charge in [-0.1, -0.05) is 12.8 Å². The van der Waals surface area contributed by atoms with Crippen LogP contribution in [0.4, 0.5) is 5.69 Å². The van der Waals surface area contributed by atoms with E-state index in [2.05, 4.69) is 10.6 Å². The lowest BCUT2D eigenvalue weighted by Crippen LogP contribution is -2.48. The molecular formula is C23H29N3O4S. The molecule has 0 bridgehead atoms. The molecule has 0 radical (unpaired) electrons. The fourth-order valence-electron chi connectivity index (χ4n) is 4.53. The van der Waals surface area contributed by atoms with Gasteiger partial charge in [0.2, 0.25) is 17.7 Å². The third-order valence-electron chi connectivity index (χ3n) is 6.41. The van der Waals surface area contributed by atoms with Gasteiger partial charge in [0.1, 0.15) is 6.04 Å². The fourth-order valence-corrected chi connectivity index (χ4v) is 4.99. The summed E-state index contributed by atoms with van der Waals surface area (Å²) in [6.45, 7) is 0. The van der Waals surface area contributed by atoms with E-state index in [1.807, 2.05) is 6.26 Å². The molecular weight excluding hydrogens is 414 g/mol. The van der Waals surface area contributed by atoms with Gasteiger partial charge in [0, 0.05) is 17.3 Å². The molecule has 0 aromatic heterocycles. The Kier molecular flexibility index (Phi) is 6.65. The summed E-state index contributed by atoms with van der Waals surface area (Å²) in [5, 5.41) is 5.78. The van der Waals surface area contributed by atoms with E-state index in [0.717, 1.165) is 38.5 Å². The number of nitrogens with zero attached hydrogens (tertiary/aromatic N) is 1. The molecule has 1 aliphatic heterocycles. The predicted octanol–water partition coefficient (Wildman–Crippen LogP) is 2.81. The minimum absolute atomic E-state index is 0.117. The molecule has 3 atom stereocenters. The van der Waals surface area contributed by atoms with Gasteiger partial charge in [0.25, 0.3) is 5.91 Å². The Labute approximate surface area is 186 Å². The number of nitrogens with one attached hydrogen (secondary N) is 2. The van der Waals surface area contributed by atoms with Crippen molar-refractivity contribution < 1.29 is 19.2 Å². The fraction of sp³-hybridized carbons (Fsp3) is 0.565. The van der Waals surface area contributed by atoms with E-state index in [4.69, 9.17) is 0 Å². The highest BCUT2D eigenvalue weighted by Gasteiger charge is 2.51. The number of carbonyl (C=O) groups is 4. The average Bonchev–Trinajstić information content (AvgIpc) is 3.56. The van der Waals surface area contributed by atoms with Crippen molar-refractivity contribution in [1.82, 2.24) is 10.2 Å². The summed E-state index contributed by atoms with van der Waals surface area (Å²) in [7, 11) is 0. The van der Waals surface area contributed by atoms with Gasteiger partial charge in [-0.25, -0.2) is 0 Å². The first kappa shape index (κ1) is 21.9. The third-order valence-corrected chi connectivity index (χ3v) is 7.06. The number of anilines is 1. The Hall–Kier alpha value is -2.35. The van der Waals surface area contributed by atoms with Crippen LogP contribution in [-0.2, 0) is 14.4 Å². The van der Waals surface area contributed by atoms with Crippen LogP contribution in [-0.4, -0.2) is 52.6 Å². The van der Waals surface area contributed by atoms with Crippen LogP contribution >= 0.6 is 11.8 Å². The zero-order valence-corrected chi connectivity index (χ0v) is 18.6. The summed E-state index contributed by atoms with van der Waals surface area (Å²) in [5.41, 5.74) is 1.08. The SMILES string of the molecule is CSCCC(C(=O)Nc1ccc(C(=O)NC2CC2)cc1)N1C(=O)C2CCCCC2C1=O. The normalized spacial score (nSPS) is 24.0. The molecule has 3 unspecified atom stereocenters. The van der Waals surface area contributed by atoms with Crippen molar-refractivity contribution >= 4 is 41.1 Å². The summed E-state index contributed by atoms with van der Waals surface area (Å²) < 4.78 is 0. The Bertz CT molecular complexity index is 844. The standard InChI is InChI=1S/C23H29N3O4S/c1-31-13-12-19(26-22(29)17-4-2-3-5-18(17)23(26)30)21(28)25-15-8-6-14(7-9-15)20(27)24-16-10-11-16/h6-9,16-19H,2-5,10-13H2,1H3,(H,24,27)(H,25,28). The first-order valence-corrected chi connectivity index (χ1v) is 12.5. The number of rotatable bonds is 8. The molecule has 2 aliphatic carbocycles. The molecule has 8 heteroatoms. The van der Waals surface area contributed by atoms with Crippen molar-refractivity contribution in [1.29, 1.82) is 0 Å². The van der Waals surface area contributed by atoms with Crippen LogP contribution < -0.4 is 10.6 Å². The molecule has 2 saturated carbocycles. The Morgan fingerprint density at radius 3 is 2.19 bits per heavy atom. The van der Waals surface area contributed by atoms with E-state index in [-0.39, 0.29) is 41.5 Å². The molecule has 1 saturated heterocycles. The molecule has 166 valence electrons. The van der Waals surface area contributed by atoms with Crippen LogP contribution in [0.15, 0.2) is 24.3 Å². The second-order valence-electron chi connectivity index (χ2n) is 8.66. The number of carbonyl (C=O) groups excluding carboxylic acids is 4. The van der Waals surface area contributed by atoms with Crippen molar-refractivity contribution in [2.75, 3.05) is 17.3 Å². The highest BCUT2D eigenvalue weighted by Crippen LogP contribution is 2.39. The molecule has 1 aromatic rings. The maximum Gasteiger partial charge on any atom is 0.251 e. The van der Waals surface area contributed by atoms with Gasteiger partial charge < -0.3 is 10.6 Å². The summed E-state index contributed by atoms with van der Waals surface area (Å²) in [6, 6.07) is 6.17. The van der Waals surface area contributed by atoms with Gasteiger partial charge >= 0.3 is 0 Å². The maximum atomic E-state index is 13.1. The zero-order valence-electron chi connectivity index (χ0n) is 17.8. The van der Waals surface area contributed by atoms with E-state index >= 15 is 0 Å². The van der Waals surface area contributed by atoms with Crippen molar-refractivity contribution in [3.05, 3.63) is 29.8 Å². The van der Waals surface area contributed by atoms with E-state index in [1.54, 1.807) is 36.0 Å². The number of imide groups is 1. The topological polar surface area (TPSA) is 95.6 Å². The van der Waals surface area contributed by atoms with Crippen LogP contribution in [0.5, 0.6) is 0 Å². The minimum atomic E-state index is -0.809. The molecule has 4 amide bonds. The monoisotopic (exact) mass is 443 g/mol. The number of hydrogen-bond donors (Lipinski definition) is 2. The Balaban J connectivity index is 1.46. The summed E-state index contributed by atoms with van der Waals surface area (Å²) in [6.07, 6.45) is 7.77. The number of likely N-dealkylation sites (tertiary alicyclic amines) is 1. The van der Waals surface area contributed by atoms with E-state index in [0.29, 0.717) is 23.4 Å². The molecule has 31 heavy (non-hydrogen) atoms. The summed E-state index contributed by atoms with van der Waals surface area (Å²) in [5.74, 6) is -0.722. The number of fused-ring (bicyclic) bond motifs is 1. The van der Waals surface area contributed by atoms with Crippen molar-refractivity contribution in [2.45, 2.75) is 57.0 Å². The van der Waals surface area contributed by atoms with Gasteiger partial charge in [-0.2, -0.15) is 11.8 Å². The third kappa shape index (κ3) is 4.79. The Morgan fingerprint density at radius 1 is 1.03 bits per heavy atom. The maximum absolute atomic E-state index is 13.1. The average molecular weight is 444 g/mol. The van der Waals surface area contributed by atoms with Gasteiger partial charge in [0.05, 0.1) is 11.8 Å². The second-order valence-corrected chi connectivity index (χ2v) is 9.64. The van der Waals surface area contributed by atoms with Crippen molar-refractivity contribution in [3.8, 4) is 0 Å². The largest absolute Gasteiger partial charge is 0.349 e. The van der Waals surface area contributed by atoms with Gasteiger partial charge in [0.15, 0.2) is 0 Å². The van der Waals surface area contributed by atoms with Crippen LogP contribution in [0, 0.1) is 11.8 Å². The van der Waals surface area contributed by atoms with E-state index in [9.17, 15) is 19.2 Å². The molecule has 4 rings (SSSR count). The van der Waals surface area contributed by atoms with Crippen molar-refractivity contribution in [3.63, 3.8) is 0 Å². The number of thioether (sulfide) groups is 1. The predicted molar refractivity (Wildman–Crippen MR) is 120 cm³/mol. The Morgan fingerprint density at radius 2 is 1.65 bits per heavy atom. The minimum Gasteiger partial charge on any atom is -0.349 e. The van der Waals surface area contributed by atoms with Gasteiger partial charge in [-0.15, -0.1) is 0 Å². The lowest BCUT2D eigenvalue weighted by atomic mass is 9.81. The lowest BCUT2D eigenvalue weighted by molar-refractivity contribution is -0.146. The van der Waals surface area contributed by atoms with Gasteiger partial charge in [-0.3, -0.25) is 24.1 Å². The number of amides is 4. The molecule has 2 N–H and O–H groups in total. The summed E-state index contributed by atoms with van der Waals surface area (Å²) >= 11 is 1.58. The van der Waals surface area contributed by atoms with Gasteiger partial charge in [-0.05, 0) is 68.4 Å². The quantitative estimate of drug-likeness (QED) is 0.603. The molecule has 3 fully saturated rings. The van der Waals surface area contributed by atoms with E-state index in [1.165, 1.54) is 4.90 Å². The van der Waals surface area contributed by atoms with Crippen LogP contribution in [0.25, 0.3) is 0 Å². The molecule has 7 nitrogen and oxygen atoms in total. The van der Waals surface area contributed by atoms with E-state index < -0.39 is 6.04 Å². The molecule has 0 spiro atoms. The summed E-state index contributed by atoms with van der Waals surface area (Å²) in [4.78, 5) is 52.5. The van der Waals surface area contributed by atoms with Crippen LogP contribution in [0.3, 0.4) is 0 Å². The zero-order chi connectivity index (χ0) is 22.0. The first-order chi connectivity index (χ1) is 15.0. The second kappa shape index (κ2) is 9.42. The smallest absolute Gasteiger partial charge is 0.251 e. The lowest BCUT2D eigenvalue weighted by Gasteiger charge is -2.26. The number of benzene rings is 1. The first-order valence-electron chi connectivity index (χ1n) is 11.1. The van der Waals surface area contributed by atoms with Crippen LogP contribution in [0.1, 0.15) is 55.3 Å². The highest BCUT2D eigenvalue weighted by atomic mass is 32.2.